The van der Waals surface area contributed by atoms with Gasteiger partial charge >= 0.3 is 0 Å². The van der Waals surface area contributed by atoms with Crippen molar-refractivity contribution in [3.05, 3.63) is 40.7 Å². The standard InChI is InChI=1S/C14H14ClN/c1-8-3-4-11-10(5-6-16-14(11)15)13(8)12-7-9(12)2/h3-6,9,12H,7H2,1-2H3/t9-,12+/m0/s1. The molecule has 0 N–H and O–H groups in total. The van der Waals surface area contributed by atoms with E-state index >= 15 is 0 Å². The van der Waals surface area contributed by atoms with Crippen LogP contribution in [0.15, 0.2) is 24.4 Å². The summed E-state index contributed by atoms with van der Waals surface area (Å²) in [4.78, 5) is 4.14. The minimum Gasteiger partial charge on any atom is -0.244 e. The number of aromatic nitrogens is 1. The highest BCUT2D eigenvalue weighted by atomic mass is 35.5. The first-order valence-electron chi connectivity index (χ1n) is 5.72. The lowest BCUT2D eigenvalue weighted by Crippen LogP contribution is -1.91. The van der Waals surface area contributed by atoms with E-state index in [0.717, 1.165) is 17.2 Å². The molecular weight excluding hydrogens is 218 g/mol. The van der Waals surface area contributed by atoms with Crippen molar-refractivity contribution in [3.63, 3.8) is 0 Å². The molecule has 2 heteroatoms. The van der Waals surface area contributed by atoms with E-state index in [1.54, 1.807) is 6.20 Å². The highest BCUT2D eigenvalue weighted by Gasteiger charge is 2.36. The smallest absolute Gasteiger partial charge is 0.136 e. The fourth-order valence-electron chi connectivity index (χ4n) is 2.57. The Kier molecular flexibility index (Phi) is 2.18. The van der Waals surface area contributed by atoms with Crippen LogP contribution in [-0.4, -0.2) is 4.98 Å². The van der Waals surface area contributed by atoms with Gasteiger partial charge in [-0.15, -0.1) is 0 Å². The first-order chi connectivity index (χ1) is 7.68. The van der Waals surface area contributed by atoms with Crippen LogP contribution in [0, 0.1) is 12.8 Å². The summed E-state index contributed by atoms with van der Waals surface area (Å²) in [6, 6.07) is 6.33. The van der Waals surface area contributed by atoms with Crippen molar-refractivity contribution in [2.75, 3.05) is 0 Å². The van der Waals surface area contributed by atoms with Crippen molar-refractivity contribution in [2.24, 2.45) is 5.92 Å². The van der Waals surface area contributed by atoms with Crippen molar-refractivity contribution in [3.8, 4) is 0 Å². The van der Waals surface area contributed by atoms with E-state index in [4.69, 9.17) is 11.6 Å². The summed E-state index contributed by atoms with van der Waals surface area (Å²) in [7, 11) is 0. The summed E-state index contributed by atoms with van der Waals surface area (Å²) in [6.45, 7) is 4.50. The topological polar surface area (TPSA) is 12.9 Å². The highest BCUT2D eigenvalue weighted by Crippen LogP contribution is 2.50. The van der Waals surface area contributed by atoms with E-state index in [1.807, 2.05) is 0 Å². The van der Waals surface area contributed by atoms with E-state index < -0.39 is 0 Å². The number of hydrogen-bond donors (Lipinski definition) is 0. The van der Waals surface area contributed by atoms with Crippen LogP contribution < -0.4 is 0 Å². The zero-order valence-corrected chi connectivity index (χ0v) is 10.3. The monoisotopic (exact) mass is 231 g/mol. The van der Waals surface area contributed by atoms with Gasteiger partial charge in [0, 0.05) is 11.6 Å². The zero-order valence-electron chi connectivity index (χ0n) is 9.50. The Bertz CT molecular complexity index is 562. The number of fused-ring (bicyclic) bond motifs is 1. The van der Waals surface area contributed by atoms with Crippen LogP contribution >= 0.6 is 11.6 Å². The normalized spacial score (nSPS) is 23.7. The lowest BCUT2D eigenvalue weighted by atomic mass is 9.97. The first-order valence-corrected chi connectivity index (χ1v) is 6.10. The molecule has 0 radical (unpaired) electrons. The number of rotatable bonds is 1. The van der Waals surface area contributed by atoms with Crippen molar-refractivity contribution in [1.82, 2.24) is 4.98 Å². The number of pyridine rings is 1. The van der Waals surface area contributed by atoms with E-state index in [-0.39, 0.29) is 0 Å². The summed E-state index contributed by atoms with van der Waals surface area (Å²) >= 11 is 6.13. The maximum absolute atomic E-state index is 6.13. The van der Waals surface area contributed by atoms with Gasteiger partial charge in [0.1, 0.15) is 5.15 Å². The Morgan fingerprint density at radius 2 is 2.00 bits per heavy atom. The SMILES string of the molecule is Cc1ccc2c(Cl)nccc2c1[C@@H]1C[C@@H]1C. The number of aryl methyl sites for hydroxylation is 1. The summed E-state index contributed by atoms with van der Waals surface area (Å²) in [5, 5.41) is 2.99. The lowest BCUT2D eigenvalue weighted by Gasteiger charge is -2.10. The first kappa shape index (κ1) is 10.1. The summed E-state index contributed by atoms with van der Waals surface area (Å²) in [5.41, 5.74) is 2.86. The van der Waals surface area contributed by atoms with E-state index in [9.17, 15) is 0 Å². The Morgan fingerprint density at radius 1 is 1.25 bits per heavy atom. The van der Waals surface area contributed by atoms with Crippen LogP contribution in [0.1, 0.15) is 30.4 Å². The molecule has 2 aromatic rings. The molecule has 0 bridgehead atoms. The van der Waals surface area contributed by atoms with Crippen molar-refractivity contribution in [1.29, 1.82) is 0 Å². The van der Waals surface area contributed by atoms with Gasteiger partial charge in [0.15, 0.2) is 0 Å². The Labute approximate surface area is 100 Å². The minimum absolute atomic E-state index is 0.618. The van der Waals surface area contributed by atoms with Crippen LogP contribution in [0.25, 0.3) is 10.8 Å². The minimum atomic E-state index is 0.618. The molecule has 2 atom stereocenters. The van der Waals surface area contributed by atoms with Gasteiger partial charge in [-0.05, 0) is 47.8 Å². The molecule has 1 saturated carbocycles. The number of halogens is 1. The molecule has 1 aliphatic rings. The summed E-state index contributed by atoms with van der Waals surface area (Å²) in [5.74, 6) is 1.54. The average Bonchev–Trinajstić information content (AvgIpc) is 2.95. The van der Waals surface area contributed by atoms with Gasteiger partial charge in [-0.2, -0.15) is 0 Å². The third-order valence-electron chi connectivity index (χ3n) is 3.64. The molecule has 1 aromatic heterocycles. The van der Waals surface area contributed by atoms with E-state index in [0.29, 0.717) is 5.15 Å². The van der Waals surface area contributed by atoms with Gasteiger partial charge in [0.05, 0.1) is 0 Å². The van der Waals surface area contributed by atoms with Gasteiger partial charge in [0.25, 0.3) is 0 Å². The number of nitrogens with zero attached hydrogens (tertiary/aromatic N) is 1. The Balaban J connectivity index is 2.32. The zero-order chi connectivity index (χ0) is 11.3. The van der Waals surface area contributed by atoms with Gasteiger partial charge in [-0.1, -0.05) is 30.7 Å². The molecule has 0 amide bonds. The van der Waals surface area contributed by atoms with Gasteiger partial charge in [-0.25, -0.2) is 4.98 Å². The molecule has 1 nitrogen and oxygen atoms in total. The van der Waals surface area contributed by atoms with Crippen molar-refractivity contribution < 1.29 is 0 Å². The quantitative estimate of drug-likeness (QED) is 0.666. The summed E-state index contributed by atoms with van der Waals surface area (Å²) in [6.07, 6.45) is 3.11. The molecule has 0 unspecified atom stereocenters. The Hall–Kier alpha value is -1.08. The molecule has 16 heavy (non-hydrogen) atoms. The molecule has 0 spiro atoms. The fourth-order valence-corrected chi connectivity index (χ4v) is 2.79. The van der Waals surface area contributed by atoms with E-state index in [2.05, 4.69) is 37.0 Å². The second kappa shape index (κ2) is 3.46. The largest absolute Gasteiger partial charge is 0.244 e. The number of hydrogen-bond acceptors (Lipinski definition) is 1. The maximum Gasteiger partial charge on any atom is 0.136 e. The second-order valence-corrected chi connectivity index (χ2v) is 5.17. The molecule has 1 aromatic carbocycles. The molecular formula is C14H14ClN. The predicted molar refractivity (Wildman–Crippen MR) is 68.0 cm³/mol. The van der Waals surface area contributed by atoms with Crippen LogP contribution in [0.2, 0.25) is 5.15 Å². The van der Waals surface area contributed by atoms with Crippen LogP contribution in [-0.2, 0) is 0 Å². The van der Waals surface area contributed by atoms with Gasteiger partial charge in [-0.3, -0.25) is 0 Å². The number of benzene rings is 1. The molecule has 3 rings (SSSR count). The Morgan fingerprint density at radius 3 is 2.69 bits per heavy atom. The van der Waals surface area contributed by atoms with Crippen LogP contribution in [0.3, 0.4) is 0 Å². The molecule has 82 valence electrons. The third-order valence-corrected chi connectivity index (χ3v) is 3.94. The molecule has 1 aliphatic carbocycles. The van der Waals surface area contributed by atoms with Crippen molar-refractivity contribution in [2.45, 2.75) is 26.2 Å². The van der Waals surface area contributed by atoms with Gasteiger partial charge < -0.3 is 0 Å². The van der Waals surface area contributed by atoms with Crippen LogP contribution in [0.5, 0.6) is 0 Å². The molecule has 0 aliphatic heterocycles. The molecule has 1 fully saturated rings. The lowest BCUT2D eigenvalue weighted by molar-refractivity contribution is 0.914. The second-order valence-electron chi connectivity index (χ2n) is 4.81. The maximum atomic E-state index is 6.13. The predicted octanol–water partition coefficient (Wildman–Crippen LogP) is 4.32. The fraction of sp³-hybridized carbons (Fsp3) is 0.357. The average molecular weight is 232 g/mol. The molecule has 1 heterocycles. The van der Waals surface area contributed by atoms with Crippen LogP contribution in [0.4, 0.5) is 0 Å². The summed E-state index contributed by atoms with van der Waals surface area (Å²) < 4.78 is 0. The van der Waals surface area contributed by atoms with Crippen molar-refractivity contribution >= 4 is 22.4 Å². The third kappa shape index (κ3) is 1.42. The van der Waals surface area contributed by atoms with Gasteiger partial charge in [0.2, 0.25) is 0 Å². The highest BCUT2D eigenvalue weighted by molar-refractivity contribution is 6.34. The van der Waals surface area contributed by atoms with E-state index in [1.165, 1.54) is 22.9 Å². The molecule has 0 saturated heterocycles.